The number of hydrogen-bond acceptors (Lipinski definition) is 2. The van der Waals surface area contributed by atoms with Gasteiger partial charge in [0.15, 0.2) is 0 Å². The summed E-state index contributed by atoms with van der Waals surface area (Å²) < 4.78 is 0. The van der Waals surface area contributed by atoms with Gasteiger partial charge >= 0.3 is 0 Å². The monoisotopic (exact) mass is 213 g/mol. The van der Waals surface area contributed by atoms with Crippen molar-refractivity contribution in [2.24, 2.45) is 0 Å². The molecule has 2 nitrogen and oxygen atoms in total. The molecule has 1 radical (unpaired) electrons. The van der Waals surface area contributed by atoms with Crippen molar-refractivity contribution >= 4 is 22.1 Å². The van der Waals surface area contributed by atoms with Crippen LogP contribution in [0.4, 0.5) is 11.4 Å². The summed E-state index contributed by atoms with van der Waals surface area (Å²) in [6.45, 7) is 0. The Labute approximate surface area is 97.1 Å². The van der Waals surface area contributed by atoms with Crippen LogP contribution in [0.5, 0.6) is 0 Å². The zero-order valence-electron chi connectivity index (χ0n) is 10.3. The first-order chi connectivity index (χ1) is 7.61. The summed E-state index contributed by atoms with van der Waals surface area (Å²) >= 11 is 0. The van der Waals surface area contributed by atoms with E-state index in [9.17, 15) is 0 Å². The Morgan fingerprint density at radius 2 is 1.69 bits per heavy atom. The molecule has 16 heavy (non-hydrogen) atoms. The molecule has 0 N–H and O–H groups in total. The van der Waals surface area contributed by atoms with Crippen molar-refractivity contribution in [2.45, 2.75) is 0 Å². The van der Waals surface area contributed by atoms with Gasteiger partial charge in [-0.3, -0.25) is 0 Å². The van der Waals surface area contributed by atoms with Gasteiger partial charge in [0, 0.05) is 45.3 Å². The molecule has 0 aromatic heterocycles. The minimum Gasteiger partial charge on any atom is -0.377 e. The maximum absolute atomic E-state index is 3.31. The van der Waals surface area contributed by atoms with Crippen LogP contribution >= 0.6 is 0 Å². The quantitative estimate of drug-likeness (QED) is 0.757. The van der Waals surface area contributed by atoms with Crippen molar-refractivity contribution in [1.29, 1.82) is 0 Å². The Bertz CT molecular complexity index is 458. The molecule has 0 bridgehead atoms. The lowest BCUT2D eigenvalue weighted by Crippen LogP contribution is -2.13. The highest BCUT2D eigenvalue weighted by atomic mass is 15.1. The molecule has 0 amide bonds. The van der Waals surface area contributed by atoms with E-state index in [1.807, 2.05) is 6.07 Å². The Hall–Kier alpha value is -1.70. The number of nitrogens with zero attached hydrogens (tertiary/aromatic N) is 2. The second-order valence-corrected chi connectivity index (χ2v) is 4.36. The molecule has 0 aliphatic heterocycles. The van der Waals surface area contributed by atoms with Gasteiger partial charge in [0.2, 0.25) is 0 Å². The number of fused-ring (bicyclic) bond motifs is 1. The Morgan fingerprint density at radius 1 is 0.938 bits per heavy atom. The van der Waals surface area contributed by atoms with Crippen molar-refractivity contribution in [3.63, 3.8) is 0 Å². The summed E-state index contributed by atoms with van der Waals surface area (Å²) in [6.07, 6.45) is 0. The van der Waals surface area contributed by atoms with Crippen molar-refractivity contribution in [3.8, 4) is 0 Å². The number of benzene rings is 2. The van der Waals surface area contributed by atoms with E-state index in [-0.39, 0.29) is 0 Å². The molecule has 2 aromatic carbocycles. The van der Waals surface area contributed by atoms with Crippen LogP contribution in [0.2, 0.25) is 0 Å². The van der Waals surface area contributed by atoms with E-state index in [4.69, 9.17) is 0 Å². The van der Waals surface area contributed by atoms with Crippen LogP contribution in [0.25, 0.3) is 10.8 Å². The van der Waals surface area contributed by atoms with Gasteiger partial charge in [-0.05, 0) is 11.5 Å². The second-order valence-electron chi connectivity index (χ2n) is 4.36. The summed E-state index contributed by atoms with van der Waals surface area (Å²) in [7, 11) is 8.25. The number of anilines is 2. The van der Waals surface area contributed by atoms with Crippen LogP contribution in [-0.4, -0.2) is 28.2 Å². The summed E-state index contributed by atoms with van der Waals surface area (Å²) in [5.74, 6) is 0. The number of rotatable bonds is 2. The normalized spacial score (nSPS) is 10.5. The third kappa shape index (κ3) is 1.71. The molecule has 2 heteroatoms. The molecule has 83 valence electrons. The van der Waals surface area contributed by atoms with Gasteiger partial charge in [0.1, 0.15) is 0 Å². The SMILES string of the molecule is CN(C)c1[c]ccc2cccc(N(C)C)c12. The summed E-state index contributed by atoms with van der Waals surface area (Å²) in [4.78, 5) is 4.25. The Kier molecular flexibility index (Phi) is 2.73. The standard InChI is InChI=1S/C14H17N2/c1-15(2)12-9-5-7-11-8-6-10-13(14(11)12)16(3)4/h5-9H,1-4H3. The van der Waals surface area contributed by atoms with Gasteiger partial charge in [-0.1, -0.05) is 24.3 Å². The van der Waals surface area contributed by atoms with Gasteiger partial charge in [-0.2, -0.15) is 0 Å². The van der Waals surface area contributed by atoms with Gasteiger partial charge < -0.3 is 9.80 Å². The van der Waals surface area contributed by atoms with Crippen molar-refractivity contribution in [1.82, 2.24) is 0 Å². The molecule has 2 rings (SSSR count). The van der Waals surface area contributed by atoms with Crippen LogP contribution in [0.15, 0.2) is 30.3 Å². The highest BCUT2D eigenvalue weighted by molar-refractivity contribution is 6.03. The average Bonchev–Trinajstić information content (AvgIpc) is 2.27. The summed E-state index contributed by atoms with van der Waals surface area (Å²) in [5, 5.41) is 2.52. The smallest absolute Gasteiger partial charge is 0.0542 e. The highest BCUT2D eigenvalue weighted by Gasteiger charge is 2.08. The minimum absolute atomic E-state index is 1.14. The molecular weight excluding hydrogens is 196 g/mol. The first-order valence-corrected chi connectivity index (χ1v) is 5.39. The Balaban J connectivity index is 2.82. The molecule has 0 heterocycles. The van der Waals surface area contributed by atoms with E-state index in [1.54, 1.807) is 0 Å². The molecular formula is C14H17N2. The van der Waals surface area contributed by atoms with E-state index in [0.29, 0.717) is 0 Å². The lowest BCUT2D eigenvalue weighted by atomic mass is 10.1. The van der Waals surface area contributed by atoms with Gasteiger partial charge in [-0.15, -0.1) is 0 Å². The molecule has 0 unspecified atom stereocenters. The fourth-order valence-corrected chi connectivity index (χ4v) is 1.96. The lowest BCUT2D eigenvalue weighted by molar-refractivity contribution is 1.12. The molecule has 0 aliphatic rings. The highest BCUT2D eigenvalue weighted by Crippen LogP contribution is 2.32. The third-order valence-corrected chi connectivity index (χ3v) is 2.72. The third-order valence-electron chi connectivity index (χ3n) is 2.72. The van der Waals surface area contributed by atoms with Crippen LogP contribution < -0.4 is 9.80 Å². The largest absolute Gasteiger partial charge is 0.377 e. The zero-order chi connectivity index (χ0) is 11.7. The lowest BCUT2D eigenvalue weighted by Gasteiger charge is -2.21. The maximum Gasteiger partial charge on any atom is 0.0542 e. The maximum atomic E-state index is 3.31. The van der Waals surface area contributed by atoms with Crippen molar-refractivity contribution in [3.05, 3.63) is 36.4 Å². The predicted octanol–water partition coefficient (Wildman–Crippen LogP) is 2.77. The van der Waals surface area contributed by atoms with Crippen LogP contribution in [0, 0.1) is 6.07 Å². The van der Waals surface area contributed by atoms with Crippen molar-refractivity contribution < 1.29 is 0 Å². The van der Waals surface area contributed by atoms with Gasteiger partial charge in [-0.25, -0.2) is 0 Å². The molecule has 0 aliphatic carbocycles. The predicted molar refractivity (Wildman–Crippen MR) is 71.4 cm³/mol. The fraction of sp³-hybridized carbons (Fsp3) is 0.286. The molecule has 0 saturated carbocycles. The number of hydrogen-bond donors (Lipinski definition) is 0. The first-order valence-electron chi connectivity index (χ1n) is 5.39. The van der Waals surface area contributed by atoms with Crippen LogP contribution in [-0.2, 0) is 0 Å². The van der Waals surface area contributed by atoms with Gasteiger partial charge in [0.05, 0.1) is 5.69 Å². The average molecular weight is 213 g/mol. The second kappa shape index (κ2) is 4.05. The van der Waals surface area contributed by atoms with E-state index >= 15 is 0 Å². The summed E-state index contributed by atoms with van der Waals surface area (Å²) in [6, 6.07) is 13.8. The van der Waals surface area contributed by atoms with E-state index < -0.39 is 0 Å². The first kappa shape index (κ1) is 10.8. The van der Waals surface area contributed by atoms with Crippen LogP contribution in [0.3, 0.4) is 0 Å². The molecule has 2 aromatic rings. The Morgan fingerprint density at radius 3 is 2.31 bits per heavy atom. The van der Waals surface area contributed by atoms with E-state index in [1.165, 1.54) is 16.5 Å². The van der Waals surface area contributed by atoms with E-state index in [0.717, 1.165) is 5.69 Å². The van der Waals surface area contributed by atoms with Gasteiger partial charge in [0.25, 0.3) is 0 Å². The van der Waals surface area contributed by atoms with Crippen molar-refractivity contribution in [2.75, 3.05) is 38.0 Å². The topological polar surface area (TPSA) is 6.48 Å². The van der Waals surface area contributed by atoms with E-state index in [2.05, 4.69) is 68.3 Å². The molecule has 0 spiro atoms. The minimum atomic E-state index is 1.14. The summed E-state index contributed by atoms with van der Waals surface area (Å²) in [5.41, 5.74) is 2.37. The molecule has 0 fully saturated rings. The molecule has 0 saturated heterocycles. The van der Waals surface area contributed by atoms with Crippen LogP contribution in [0.1, 0.15) is 0 Å². The fourth-order valence-electron chi connectivity index (χ4n) is 1.96. The molecule has 0 atom stereocenters. The zero-order valence-corrected chi connectivity index (χ0v) is 10.3.